The fourth-order valence-corrected chi connectivity index (χ4v) is 2.37. The molecule has 0 aliphatic rings. The van der Waals surface area contributed by atoms with Crippen molar-refractivity contribution >= 4 is 29.3 Å². The van der Waals surface area contributed by atoms with Gasteiger partial charge in [0.1, 0.15) is 5.03 Å². The van der Waals surface area contributed by atoms with Crippen molar-refractivity contribution in [1.82, 2.24) is 9.97 Å². The number of halogens is 1. The van der Waals surface area contributed by atoms with Gasteiger partial charge in [0.2, 0.25) is 5.95 Å². The van der Waals surface area contributed by atoms with Crippen LogP contribution in [0.5, 0.6) is 0 Å². The Morgan fingerprint density at radius 1 is 1.28 bits per heavy atom. The summed E-state index contributed by atoms with van der Waals surface area (Å²) in [7, 11) is 0. The molecule has 0 bridgehead atoms. The minimum Gasteiger partial charge on any atom is -0.354 e. The van der Waals surface area contributed by atoms with E-state index in [0.29, 0.717) is 11.0 Å². The number of benzene rings is 1. The molecule has 5 heteroatoms. The zero-order valence-electron chi connectivity index (χ0n) is 10.3. The van der Waals surface area contributed by atoms with Gasteiger partial charge in [0.25, 0.3) is 0 Å². The molecule has 3 nitrogen and oxygen atoms in total. The standard InChI is InChI=1S/C13H14ClN3S/c1-3-15-13-16-8-11(14)12(17-13)18-10-6-4-9(2)5-7-10/h4-8H,3H2,1-2H3,(H,15,16,17). The van der Waals surface area contributed by atoms with Crippen molar-refractivity contribution in [2.75, 3.05) is 11.9 Å². The highest BCUT2D eigenvalue weighted by Crippen LogP contribution is 2.31. The first-order valence-electron chi connectivity index (χ1n) is 5.70. The predicted octanol–water partition coefficient (Wildman–Crippen LogP) is 4.02. The SMILES string of the molecule is CCNc1ncc(Cl)c(Sc2ccc(C)cc2)n1. The van der Waals surface area contributed by atoms with Crippen molar-refractivity contribution < 1.29 is 0 Å². The van der Waals surface area contributed by atoms with Gasteiger partial charge in [-0.05, 0) is 26.0 Å². The molecule has 0 saturated carbocycles. The van der Waals surface area contributed by atoms with Crippen LogP contribution in [-0.2, 0) is 0 Å². The Hall–Kier alpha value is -1.26. The van der Waals surface area contributed by atoms with Crippen molar-refractivity contribution in [2.45, 2.75) is 23.8 Å². The molecule has 0 unspecified atom stereocenters. The average Bonchev–Trinajstić information content (AvgIpc) is 2.36. The van der Waals surface area contributed by atoms with Crippen molar-refractivity contribution in [1.29, 1.82) is 0 Å². The van der Waals surface area contributed by atoms with E-state index in [1.807, 2.05) is 6.92 Å². The summed E-state index contributed by atoms with van der Waals surface area (Å²) in [5, 5.41) is 4.42. The smallest absolute Gasteiger partial charge is 0.223 e. The molecule has 1 heterocycles. The van der Waals surface area contributed by atoms with Crippen LogP contribution >= 0.6 is 23.4 Å². The topological polar surface area (TPSA) is 37.8 Å². The number of aryl methyl sites for hydroxylation is 1. The third kappa shape index (κ3) is 3.37. The van der Waals surface area contributed by atoms with E-state index in [9.17, 15) is 0 Å². The summed E-state index contributed by atoms with van der Waals surface area (Å²) < 4.78 is 0. The van der Waals surface area contributed by atoms with E-state index < -0.39 is 0 Å². The lowest BCUT2D eigenvalue weighted by atomic mass is 10.2. The van der Waals surface area contributed by atoms with Crippen molar-refractivity contribution in [2.24, 2.45) is 0 Å². The van der Waals surface area contributed by atoms with Gasteiger partial charge in [0, 0.05) is 11.4 Å². The van der Waals surface area contributed by atoms with E-state index in [2.05, 4.69) is 46.5 Å². The molecule has 2 aromatic rings. The number of hydrogen-bond donors (Lipinski definition) is 1. The summed E-state index contributed by atoms with van der Waals surface area (Å²) in [4.78, 5) is 9.62. The molecule has 2 rings (SSSR count). The molecule has 0 aliphatic carbocycles. The van der Waals surface area contributed by atoms with Gasteiger partial charge in [-0.15, -0.1) is 0 Å². The molecule has 18 heavy (non-hydrogen) atoms. The monoisotopic (exact) mass is 279 g/mol. The summed E-state index contributed by atoms with van der Waals surface area (Å²) in [5.74, 6) is 0.608. The molecule has 0 atom stereocenters. The second-order valence-electron chi connectivity index (χ2n) is 3.79. The molecule has 0 radical (unpaired) electrons. The molecule has 0 spiro atoms. The summed E-state index contributed by atoms with van der Waals surface area (Å²) in [6.07, 6.45) is 1.63. The van der Waals surface area contributed by atoms with Gasteiger partial charge in [-0.3, -0.25) is 0 Å². The first-order chi connectivity index (χ1) is 8.69. The highest BCUT2D eigenvalue weighted by Gasteiger charge is 2.07. The van der Waals surface area contributed by atoms with Gasteiger partial charge in [0.05, 0.1) is 11.2 Å². The number of hydrogen-bond acceptors (Lipinski definition) is 4. The number of nitrogens with one attached hydrogen (secondary N) is 1. The van der Waals surface area contributed by atoms with Gasteiger partial charge in [-0.2, -0.15) is 0 Å². The van der Waals surface area contributed by atoms with E-state index in [1.54, 1.807) is 6.20 Å². The van der Waals surface area contributed by atoms with Gasteiger partial charge in [-0.1, -0.05) is 41.1 Å². The molecule has 1 aromatic heterocycles. The second kappa shape index (κ2) is 6.07. The number of nitrogens with zero attached hydrogens (tertiary/aromatic N) is 2. The van der Waals surface area contributed by atoms with E-state index >= 15 is 0 Å². The van der Waals surface area contributed by atoms with Crippen LogP contribution in [-0.4, -0.2) is 16.5 Å². The number of anilines is 1. The molecular formula is C13H14ClN3S. The van der Waals surface area contributed by atoms with Crippen LogP contribution in [0, 0.1) is 6.92 Å². The first-order valence-corrected chi connectivity index (χ1v) is 6.89. The Morgan fingerprint density at radius 3 is 2.67 bits per heavy atom. The maximum absolute atomic E-state index is 6.10. The molecule has 1 N–H and O–H groups in total. The maximum Gasteiger partial charge on any atom is 0.223 e. The Balaban J connectivity index is 2.22. The van der Waals surface area contributed by atoms with Gasteiger partial charge in [0.15, 0.2) is 0 Å². The Labute approximate surface area is 116 Å². The summed E-state index contributed by atoms with van der Waals surface area (Å²) in [5.41, 5.74) is 1.24. The van der Waals surface area contributed by atoms with Crippen LogP contribution in [0.3, 0.4) is 0 Å². The highest BCUT2D eigenvalue weighted by atomic mass is 35.5. The quantitative estimate of drug-likeness (QED) is 0.858. The lowest BCUT2D eigenvalue weighted by Crippen LogP contribution is -2.02. The maximum atomic E-state index is 6.10. The normalized spacial score (nSPS) is 10.4. The minimum atomic E-state index is 0.572. The van der Waals surface area contributed by atoms with Crippen LogP contribution in [0.1, 0.15) is 12.5 Å². The molecule has 0 amide bonds. The van der Waals surface area contributed by atoms with Crippen LogP contribution in [0.4, 0.5) is 5.95 Å². The number of aromatic nitrogens is 2. The zero-order valence-corrected chi connectivity index (χ0v) is 11.8. The number of rotatable bonds is 4. The van der Waals surface area contributed by atoms with Crippen molar-refractivity contribution in [3.8, 4) is 0 Å². The van der Waals surface area contributed by atoms with Gasteiger partial charge in [-0.25, -0.2) is 9.97 Å². The first kappa shape index (κ1) is 13.2. The molecule has 0 aliphatic heterocycles. The fraction of sp³-hybridized carbons (Fsp3) is 0.231. The van der Waals surface area contributed by atoms with Crippen molar-refractivity contribution in [3.05, 3.63) is 41.0 Å². The summed E-state index contributed by atoms with van der Waals surface area (Å²) >= 11 is 7.64. The van der Waals surface area contributed by atoms with E-state index in [1.165, 1.54) is 17.3 Å². The Morgan fingerprint density at radius 2 is 2.00 bits per heavy atom. The van der Waals surface area contributed by atoms with E-state index in [0.717, 1.165) is 16.5 Å². The molecular weight excluding hydrogens is 266 g/mol. The van der Waals surface area contributed by atoms with Crippen LogP contribution < -0.4 is 5.32 Å². The van der Waals surface area contributed by atoms with Gasteiger partial charge >= 0.3 is 0 Å². The summed E-state index contributed by atoms with van der Waals surface area (Å²) in [6.45, 7) is 4.86. The second-order valence-corrected chi connectivity index (χ2v) is 5.26. The molecule has 1 aromatic carbocycles. The summed E-state index contributed by atoms with van der Waals surface area (Å²) in [6, 6.07) is 8.27. The third-order valence-electron chi connectivity index (χ3n) is 2.28. The van der Waals surface area contributed by atoms with Crippen LogP contribution in [0.2, 0.25) is 5.02 Å². The Bertz CT molecular complexity index is 528. The third-order valence-corrected chi connectivity index (χ3v) is 3.68. The average molecular weight is 280 g/mol. The van der Waals surface area contributed by atoms with E-state index in [-0.39, 0.29) is 0 Å². The lowest BCUT2D eigenvalue weighted by Gasteiger charge is -2.06. The van der Waals surface area contributed by atoms with Crippen LogP contribution in [0.25, 0.3) is 0 Å². The largest absolute Gasteiger partial charge is 0.354 e. The minimum absolute atomic E-state index is 0.572. The van der Waals surface area contributed by atoms with Gasteiger partial charge < -0.3 is 5.32 Å². The van der Waals surface area contributed by atoms with Crippen molar-refractivity contribution in [3.63, 3.8) is 0 Å². The molecule has 0 saturated heterocycles. The van der Waals surface area contributed by atoms with Crippen LogP contribution in [0.15, 0.2) is 40.4 Å². The predicted molar refractivity (Wildman–Crippen MR) is 76.5 cm³/mol. The Kier molecular flexibility index (Phi) is 4.44. The van der Waals surface area contributed by atoms with E-state index in [4.69, 9.17) is 11.6 Å². The zero-order chi connectivity index (χ0) is 13.0. The molecule has 0 fully saturated rings. The lowest BCUT2D eigenvalue weighted by molar-refractivity contribution is 1.01. The fourth-order valence-electron chi connectivity index (χ4n) is 1.38. The highest BCUT2D eigenvalue weighted by molar-refractivity contribution is 7.99. The molecule has 94 valence electrons.